The molecular weight excluding hydrogens is 311 g/mol. The average Bonchev–Trinajstić information content (AvgIpc) is 1.35. The van der Waals surface area contributed by atoms with Gasteiger partial charge in [-0.05, 0) is 0 Å². The predicted octanol–water partition coefficient (Wildman–Crippen LogP) is 1.68. The maximum atomic E-state index is 3.24. The Bertz CT molecular complexity index is 43.8. The Balaban J connectivity index is -0.000000125. The summed E-state index contributed by atoms with van der Waals surface area (Å²) in [6.45, 7) is 6.50. The molecule has 0 unspecified atom stereocenters. The topological polar surface area (TPSA) is 12.0 Å². The summed E-state index contributed by atoms with van der Waals surface area (Å²) in [6.07, 6.45) is 0. The molecule has 1 N–H and O–H groups in total. The van der Waals surface area contributed by atoms with Crippen molar-refractivity contribution in [2.45, 2.75) is 26.3 Å². The predicted molar refractivity (Wildman–Crippen MR) is 37.4 cm³/mol. The van der Waals surface area contributed by atoms with Gasteiger partial charge in [0.2, 0.25) is 0 Å². The van der Waals surface area contributed by atoms with E-state index in [0.29, 0.717) is 5.54 Å². The molecule has 0 aliphatic carbocycles. The van der Waals surface area contributed by atoms with Crippen LogP contribution in [-0.4, -0.2) is 5.54 Å². The second kappa shape index (κ2) is 6.53. The zero-order chi connectivity index (χ0) is 5.21. The van der Waals surface area contributed by atoms with Crippen LogP contribution in [0, 0.1) is 0 Å². The van der Waals surface area contributed by atoms with Crippen molar-refractivity contribution >= 4 is 24.8 Å². The van der Waals surface area contributed by atoms with E-state index >= 15 is 0 Å². The molecule has 0 atom stereocenters. The number of nitrogens with one attached hydrogen (secondary N) is 1. The van der Waals surface area contributed by atoms with Gasteiger partial charge in [-0.3, -0.25) is 0 Å². The van der Waals surface area contributed by atoms with Crippen LogP contribution in [0.15, 0.2) is 0 Å². The van der Waals surface area contributed by atoms with Crippen LogP contribution in [0.25, 0.3) is 0 Å². The standard InChI is InChI=1S/C4H10N.2ClH.Hf/c1-4(2,3)5;;;/h5H,1-3H3;2*1H;/q-1;;;+1. The van der Waals surface area contributed by atoms with Crippen LogP contribution >= 0.6 is 24.8 Å². The fourth-order valence-corrected chi connectivity index (χ4v) is 0. The second-order valence-corrected chi connectivity index (χ2v) is 3.27. The van der Waals surface area contributed by atoms with Crippen molar-refractivity contribution in [3.63, 3.8) is 0 Å². The Morgan fingerprint density at radius 1 is 1.12 bits per heavy atom. The third-order valence-electron chi connectivity index (χ3n) is 0.375. The van der Waals surface area contributed by atoms with E-state index in [0.717, 1.165) is 24.7 Å². The summed E-state index contributed by atoms with van der Waals surface area (Å²) >= 11 is 1.10. The van der Waals surface area contributed by atoms with Crippen molar-refractivity contribution in [2.75, 3.05) is 0 Å². The first-order chi connectivity index (χ1) is 2.56. The van der Waals surface area contributed by atoms with E-state index in [9.17, 15) is 0 Å². The van der Waals surface area contributed by atoms with Crippen molar-refractivity contribution in [1.29, 1.82) is 0 Å². The summed E-state index contributed by atoms with van der Waals surface area (Å²) in [5.74, 6) is 0. The first kappa shape index (κ1) is 16.2. The summed E-state index contributed by atoms with van der Waals surface area (Å²) < 4.78 is 3.24. The minimum atomic E-state index is 0. The largest absolute Gasteiger partial charge is 0.147 e. The second-order valence-electron chi connectivity index (χ2n) is 2.38. The number of rotatable bonds is 0. The van der Waals surface area contributed by atoms with Gasteiger partial charge in [0.15, 0.2) is 0 Å². The number of hydrogen-bond acceptors (Lipinski definition) is 1. The van der Waals surface area contributed by atoms with E-state index in [2.05, 4.69) is 24.1 Å². The smallest absolute Gasteiger partial charge is 0.147 e. The molecule has 8 heavy (non-hydrogen) atoms. The zero-order valence-electron chi connectivity index (χ0n) is 5.32. The quantitative estimate of drug-likeness (QED) is 0.669. The van der Waals surface area contributed by atoms with E-state index < -0.39 is 0 Å². The molecule has 0 aliphatic heterocycles. The molecule has 0 radical (unpaired) electrons. The van der Waals surface area contributed by atoms with E-state index in [1.165, 1.54) is 0 Å². The van der Waals surface area contributed by atoms with Gasteiger partial charge >= 0.3 is 54.3 Å². The molecule has 0 spiro atoms. The molecule has 51 valence electrons. The number of hydrogen-bond donors (Lipinski definition) is 1. The Morgan fingerprint density at radius 2 is 1.25 bits per heavy atom. The van der Waals surface area contributed by atoms with Crippen LogP contribution in [0.4, 0.5) is 0 Å². The van der Waals surface area contributed by atoms with Crippen molar-refractivity contribution in [3.05, 3.63) is 0 Å². The van der Waals surface area contributed by atoms with E-state index in [1.54, 1.807) is 0 Å². The van der Waals surface area contributed by atoms with E-state index in [4.69, 9.17) is 0 Å². The fraction of sp³-hybridized carbons (Fsp3) is 1.00. The van der Waals surface area contributed by atoms with Crippen molar-refractivity contribution in [3.8, 4) is 0 Å². The summed E-state index contributed by atoms with van der Waals surface area (Å²) in [5.41, 5.74) is 0.353. The molecule has 0 saturated carbocycles. The Labute approximate surface area is 78.8 Å². The van der Waals surface area contributed by atoms with E-state index in [-0.39, 0.29) is 24.8 Å². The summed E-state index contributed by atoms with van der Waals surface area (Å²) in [6, 6.07) is 0. The van der Waals surface area contributed by atoms with Crippen LogP contribution in [-0.2, 0) is 24.7 Å². The summed E-state index contributed by atoms with van der Waals surface area (Å²) in [7, 11) is 0. The van der Waals surface area contributed by atoms with Crippen molar-refractivity contribution in [1.82, 2.24) is 3.30 Å². The molecule has 0 bridgehead atoms. The molecule has 0 aromatic heterocycles. The van der Waals surface area contributed by atoms with Crippen molar-refractivity contribution in [2.24, 2.45) is 0 Å². The first-order valence-electron chi connectivity index (χ1n) is 2.00. The van der Waals surface area contributed by atoms with Gasteiger partial charge < -0.3 is 0 Å². The minimum Gasteiger partial charge on any atom is -0.147 e. The van der Waals surface area contributed by atoms with Crippen LogP contribution in [0.1, 0.15) is 20.8 Å². The van der Waals surface area contributed by atoms with Gasteiger partial charge in [0.05, 0.1) is 0 Å². The molecular formula is C4H12Cl2HfN. The maximum absolute atomic E-state index is 3.24. The monoisotopic (exact) mass is 324 g/mol. The fourth-order valence-electron chi connectivity index (χ4n) is 0. The van der Waals surface area contributed by atoms with Crippen LogP contribution in [0.2, 0.25) is 0 Å². The van der Waals surface area contributed by atoms with Crippen LogP contribution < -0.4 is 3.30 Å². The maximum Gasteiger partial charge on any atom is -0.147 e. The van der Waals surface area contributed by atoms with Gasteiger partial charge in [0.1, 0.15) is 0 Å². The van der Waals surface area contributed by atoms with Crippen LogP contribution in [0.3, 0.4) is 0 Å². The molecule has 0 aliphatic rings. The van der Waals surface area contributed by atoms with Gasteiger partial charge in [-0.2, -0.15) is 0 Å². The normalized spacial score (nSPS) is 8.75. The Hall–Kier alpha value is 1.41. The van der Waals surface area contributed by atoms with Gasteiger partial charge in [-0.1, -0.05) is 0 Å². The molecule has 0 fully saturated rings. The first-order valence-corrected chi connectivity index (χ1v) is 3.80. The minimum absolute atomic E-state index is 0. The van der Waals surface area contributed by atoms with Crippen molar-refractivity contribution < 1.29 is 24.7 Å². The molecule has 0 amide bonds. The van der Waals surface area contributed by atoms with E-state index in [1.807, 2.05) is 0 Å². The van der Waals surface area contributed by atoms with Crippen LogP contribution in [0.5, 0.6) is 0 Å². The van der Waals surface area contributed by atoms with Gasteiger partial charge in [0.25, 0.3) is 0 Å². The Kier molecular flexibility index (Phi) is 13.2. The molecule has 1 nitrogen and oxygen atoms in total. The third kappa shape index (κ3) is 15.7. The molecule has 0 aromatic rings. The molecule has 4 heteroatoms. The van der Waals surface area contributed by atoms with Gasteiger partial charge in [0, 0.05) is 0 Å². The number of halogens is 2. The summed E-state index contributed by atoms with van der Waals surface area (Å²) in [5, 5.41) is 0. The summed E-state index contributed by atoms with van der Waals surface area (Å²) in [4.78, 5) is 0. The Morgan fingerprint density at radius 3 is 1.25 bits per heavy atom. The average molecular weight is 324 g/mol. The van der Waals surface area contributed by atoms with Gasteiger partial charge in [-0.25, -0.2) is 0 Å². The zero-order valence-corrected chi connectivity index (χ0v) is 10.5. The SMILES string of the molecule is CC(C)(C)[NH][Hf].Cl.Cl. The molecule has 0 rings (SSSR count). The third-order valence-corrected chi connectivity index (χ3v) is 3.07. The molecule has 0 aromatic carbocycles. The molecule has 0 heterocycles. The van der Waals surface area contributed by atoms with Gasteiger partial charge in [-0.15, -0.1) is 24.8 Å². The molecule has 0 saturated heterocycles.